The van der Waals surface area contributed by atoms with Gasteiger partial charge < -0.3 is 9.88 Å². The molecule has 104 valence electrons. The fraction of sp³-hybridized carbons (Fsp3) is 0.500. The SMILES string of the molecule is CC(C)(C)CCNCCn1ccc2c(Br)cccc21. The topological polar surface area (TPSA) is 17.0 Å². The zero-order valence-electron chi connectivity index (χ0n) is 12.0. The van der Waals surface area contributed by atoms with Gasteiger partial charge in [0.1, 0.15) is 0 Å². The molecule has 0 amide bonds. The quantitative estimate of drug-likeness (QED) is 0.806. The number of nitrogens with one attached hydrogen (secondary N) is 1. The summed E-state index contributed by atoms with van der Waals surface area (Å²) in [5.41, 5.74) is 1.71. The van der Waals surface area contributed by atoms with Crippen LogP contribution in [-0.2, 0) is 6.54 Å². The number of aromatic nitrogens is 1. The van der Waals surface area contributed by atoms with Gasteiger partial charge in [-0.3, -0.25) is 0 Å². The second-order valence-corrected chi connectivity index (χ2v) is 7.10. The van der Waals surface area contributed by atoms with Crippen LogP contribution in [-0.4, -0.2) is 17.7 Å². The van der Waals surface area contributed by atoms with E-state index in [-0.39, 0.29) is 0 Å². The van der Waals surface area contributed by atoms with Gasteiger partial charge in [0.25, 0.3) is 0 Å². The van der Waals surface area contributed by atoms with E-state index in [0.29, 0.717) is 5.41 Å². The van der Waals surface area contributed by atoms with Crippen LogP contribution in [0.2, 0.25) is 0 Å². The average Bonchev–Trinajstić information content (AvgIpc) is 2.72. The van der Waals surface area contributed by atoms with Crippen LogP contribution in [0, 0.1) is 5.41 Å². The van der Waals surface area contributed by atoms with E-state index < -0.39 is 0 Å². The van der Waals surface area contributed by atoms with Crippen LogP contribution in [0.15, 0.2) is 34.9 Å². The highest BCUT2D eigenvalue weighted by Crippen LogP contribution is 2.24. The highest BCUT2D eigenvalue weighted by Gasteiger charge is 2.08. The van der Waals surface area contributed by atoms with Gasteiger partial charge in [0.05, 0.1) is 0 Å². The second kappa shape index (κ2) is 6.10. The summed E-state index contributed by atoms with van der Waals surface area (Å²) in [7, 11) is 0. The van der Waals surface area contributed by atoms with Crippen molar-refractivity contribution in [3.8, 4) is 0 Å². The number of fused-ring (bicyclic) bond motifs is 1. The zero-order valence-corrected chi connectivity index (χ0v) is 13.6. The maximum Gasteiger partial charge on any atom is 0.0492 e. The third-order valence-corrected chi connectivity index (χ3v) is 4.03. The van der Waals surface area contributed by atoms with E-state index in [1.54, 1.807) is 0 Å². The molecular formula is C16H23BrN2. The summed E-state index contributed by atoms with van der Waals surface area (Å²) in [6.45, 7) is 9.98. The first-order chi connectivity index (χ1) is 8.97. The molecule has 0 unspecified atom stereocenters. The van der Waals surface area contributed by atoms with Crippen LogP contribution in [0.25, 0.3) is 10.9 Å². The van der Waals surface area contributed by atoms with Crippen LogP contribution in [0.4, 0.5) is 0 Å². The van der Waals surface area contributed by atoms with Gasteiger partial charge in [-0.15, -0.1) is 0 Å². The van der Waals surface area contributed by atoms with Crippen molar-refractivity contribution >= 4 is 26.8 Å². The molecule has 0 atom stereocenters. The van der Waals surface area contributed by atoms with Crippen LogP contribution in [0.3, 0.4) is 0 Å². The Kier molecular flexibility index (Phi) is 4.69. The molecule has 2 rings (SSSR count). The monoisotopic (exact) mass is 322 g/mol. The fourth-order valence-corrected chi connectivity index (χ4v) is 2.66. The van der Waals surface area contributed by atoms with Gasteiger partial charge in [-0.25, -0.2) is 0 Å². The summed E-state index contributed by atoms with van der Waals surface area (Å²) in [5, 5.41) is 4.82. The predicted octanol–water partition coefficient (Wildman–Crippen LogP) is 4.43. The molecule has 0 saturated carbocycles. The first-order valence-corrected chi connectivity index (χ1v) is 7.71. The van der Waals surface area contributed by atoms with Crippen molar-refractivity contribution in [1.29, 1.82) is 0 Å². The molecule has 19 heavy (non-hydrogen) atoms. The summed E-state index contributed by atoms with van der Waals surface area (Å²) in [6, 6.07) is 8.54. The maximum absolute atomic E-state index is 3.60. The highest BCUT2D eigenvalue weighted by molar-refractivity contribution is 9.10. The molecule has 0 bridgehead atoms. The molecule has 0 aliphatic heterocycles. The van der Waals surface area contributed by atoms with Crippen molar-refractivity contribution in [2.24, 2.45) is 5.41 Å². The smallest absolute Gasteiger partial charge is 0.0492 e. The van der Waals surface area contributed by atoms with Gasteiger partial charge in [0.2, 0.25) is 0 Å². The average molecular weight is 323 g/mol. The Hall–Kier alpha value is -0.800. The lowest BCUT2D eigenvalue weighted by Crippen LogP contribution is -2.24. The van der Waals surface area contributed by atoms with Crippen molar-refractivity contribution in [1.82, 2.24) is 9.88 Å². The molecule has 1 aromatic heterocycles. The third kappa shape index (κ3) is 4.08. The van der Waals surface area contributed by atoms with Crippen LogP contribution >= 0.6 is 15.9 Å². The van der Waals surface area contributed by atoms with Gasteiger partial charge in [-0.2, -0.15) is 0 Å². The fourth-order valence-electron chi connectivity index (χ4n) is 2.17. The molecule has 0 aliphatic carbocycles. The highest BCUT2D eigenvalue weighted by atomic mass is 79.9. The van der Waals surface area contributed by atoms with Crippen LogP contribution in [0.1, 0.15) is 27.2 Å². The molecule has 0 spiro atoms. The van der Waals surface area contributed by atoms with Crippen molar-refractivity contribution in [2.45, 2.75) is 33.7 Å². The number of nitrogens with zero attached hydrogens (tertiary/aromatic N) is 1. The summed E-state index contributed by atoms with van der Waals surface area (Å²) in [4.78, 5) is 0. The lowest BCUT2D eigenvalue weighted by atomic mass is 9.92. The summed E-state index contributed by atoms with van der Waals surface area (Å²) in [6.07, 6.45) is 3.38. The molecule has 1 heterocycles. The van der Waals surface area contributed by atoms with E-state index in [1.807, 2.05) is 0 Å². The molecule has 2 nitrogen and oxygen atoms in total. The van der Waals surface area contributed by atoms with Crippen LogP contribution in [0.5, 0.6) is 0 Å². The third-order valence-electron chi connectivity index (χ3n) is 3.34. The number of hydrogen-bond acceptors (Lipinski definition) is 1. The molecule has 0 radical (unpaired) electrons. The van der Waals surface area contributed by atoms with Gasteiger partial charge in [-0.05, 0) is 36.6 Å². The first kappa shape index (κ1) is 14.6. The lowest BCUT2D eigenvalue weighted by molar-refractivity contribution is 0.365. The molecule has 1 aromatic carbocycles. The largest absolute Gasteiger partial charge is 0.346 e. The molecule has 0 fully saturated rings. The van der Waals surface area contributed by atoms with E-state index in [0.717, 1.165) is 19.6 Å². The molecule has 0 saturated heterocycles. The number of benzene rings is 1. The Morgan fingerprint density at radius 2 is 1.95 bits per heavy atom. The summed E-state index contributed by atoms with van der Waals surface area (Å²) in [5.74, 6) is 0. The predicted molar refractivity (Wildman–Crippen MR) is 86.6 cm³/mol. The van der Waals surface area contributed by atoms with Crippen molar-refractivity contribution in [3.05, 3.63) is 34.9 Å². The second-order valence-electron chi connectivity index (χ2n) is 6.24. The summed E-state index contributed by atoms with van der Waals surface area (Å²) < 4.78 is 3.48. The van der Waals surface area contributed by atoms with Gasteiger partial charge in [-0.1, -0.05) is 42.8 Å². The normalized spacial score (nSPS) is 12.2. The molecule has 0 aliphatic rings. The zero-order chi connectivity index (χ0) is 13.9. The van der Waals surface area contributed by atoms with E-state index in [4.69, 9.17) is 0 Å². The van der Waals surface area contributed by atoms with Crippen molar-refractivity contribution in [3.63, 3.8) is 0 Å². The molecule has 3 heteroatoms. The Morgan fingerprint density at radius 1 is 1.16 bits per heavy atom. The van der Waals surface area contributed by atoms with Crippen molar-refractivity contribution < 1.29 is 0 Å². The Morgan fingerprint density at radius 3 is 2.68 bits per heavy atom. The van der Waals surface area contributed by atoms with E-state index in [1.165, 1.54) is 21.8 Å². The Labute approximate surface area is 124 Å². The molecule has 2 aromatic rings. The van der Waals surface area contributed by atoms with Crippen molar-refractivity contribution in [2.75, 3.05) is 13.1 Å². The molecule has 1 N–H and O–H groups in total. The van der Waals surface area contributed by atoms with Gasteiger partial charge in [0, 0.05) is 34.7 Å². The van der Waals surface area contributed by atoms with Gasteiger partial charge in [0.15, 0.2) is 0 Å². The lowest BCUT2D eigenvalue weighted by Gasteiger charge is -2.18. The maximum atomic E-state index is 3.60. The standard InChI is InChI=1S/C16H23BrN2/c1-16(2,3)8-9-18-10-12-19-11-7-13-14(17)5-4-6-15(13)19/h4-7,11,18H,8-10,12H2,1-3H3. The summed E-state index contributed by atoms with van der Waals surface area (Å²) >= 11 is 3.60. The Balaban J connectivity index is 1.87. The number of halogens is 1. The first-order valence-electron chi connectivity index (χ1n) is 6.91. The number of rotatable bonds is 5. The van der Waals surface area contributed by atoms with E-state index in [9.17, 15) is 0 Å². The van der Waals surface area contributed by atoms with E-state index >= 15 is 0 Å². The van der Waals surface area contributed by atoms with E-state index in [2.05, 4.69) is 77.0 Å². The van der Waals surface area contributed by atoms with Gasteiger partial charge >= 0.3 is 0 Å². The minimum atomic E-state index is 0.415. The Bertz CT molecular complexity index is 537. The number of hydrogen-bond donors (Lipinski definition) is 1. The minimum Gasteiger partial charge on any atom is -0.346 e. The van der Waals surface area contributed by atoms with Crippen LogP contribution < -0.4 is 5.32 Å². The molecular weight excluding hydrogens is 300 g/mol. The minimum absolute atomic E-state index is 0.415.